The van der Waals surface area contributed by atoms with Crippen molar-refractivity contribution in [3.05, 3.63) is 58.2 Å². The maximum absolute atomic E-state index is 12.9. The van der Waals surface area contributed by atoms with Gasteiger partial charge in [-0.3, -0.25) is 4.72 Å². The van der Waals surface area contributed by atoms with E-state index in [9.17, 15) is 13.2 Å². The van der Waals surface area contributed by atoms with Gasteiger partial charge in [0.15, 0.2) is 5.60 Å². The number of hydrogen-bond acceptors (Lipinski definition) is 5. The molecular weight excluding hydrogens is 495 g/mol. The Morgan fingerprint density at radius 2 is 1.85 bits per heavy atom. The third kappa shape index (κ3) is 4.92. The highest BCUT2D eigenvalue weighted by Gasteiger charge is 2.47. The second-order valence-electron chi connectivity index (χ2n) is 8.92. The number of anilines is 1. The average Bonchev–Trinajstić information content (AvgIpc) is 3.03. The molecule has 4 rings (SSSR count). The molecule has 34 heavy (non-hydrogen) atoms. The number of rotatable bonds is 7. The molecule has 2 aromatic rings. The van der Waals surface area contributed by atoms with E-state index in [1.54, 1.807) is 24.3 Å². The smallest absolute Gasteiger partial charge is 0.341 e. The van der Waals surface area contributed by atoms with Crippen molar-refractivity contribution >= 4 is 50.5 Å². The van der Waals surface area contributed by atoms with Gasteiger partial charge in [0, 0.05) is 22.2 Å². The van der Waals surface area contributed by atoms with Crippen LogP contribution in [0.15, 0.2) is 42.1 Å². The monoisotopic (exact) mass is 522 g/mol. The van der Waals surface area contributed by atoms with Crippen LogP contribution in [0.5, 0.6) is 0 Å². The molecule has 1 aliphatic carbocycles. The lowest BCUT2D eigenvalue weighted by molar-refractivity contribution is -0.147. The van der Waals surface area contributed by atoms with E-state index in [4.69, 9.17) is 33.7 Å². The van der Waals surface area contributed by atoms with E-state index in [2.05, 4.69) is 4.72 Å². The number of carbonyl (C=O) groups excluding carboxylic acids is 1. The fourth-order valence-electron chi connectivity index (χ4n) is 4.77. The normalized spacial score (nSPS) is 17.8. The zero-order valence-corrected chi connectivity index (χ0v) is 21.3. The molecule has 0 atom stereocenters. The quantitative estimate of drug-likeness (QED) is 0.363. The number of nitrogens with two attached hydrogens (primary N) is 1. The van der Waals surface area contributed by atoms with Crippen LogP contribution in [0.1, 0.15) is 49.7 Å². The van der Waals surface area contributed by atoms with E-state index < -0.39 is 21.6 Å². The maximum Gasteiger partial charge on any atom is 0.341 e. The van der Waals surface area contributed by atoms with E-state index in [1.165, 1.54) is 0 Å². The second kappa shape index (κ2) is 9.80. The molecule has 0 saturated heterocycles. The highest BCUT2D eigenvalue weighted by atomic mass is 35.5. The summed E-state index contributed by atoms with van der Waals surface area (Å²) in [4.78, 5) is 12.9. The predicted octanol–water partition coefficient (Wildman–Crippen LogP) is 5.62. The summed E-state index contributed by atoms with van der Waals surface area (Å²) >= 11 is 12.3. The Bertz CT molecular complexity index is 1250. The Labute approximate surface area is 210 Å². The van der Waals surface area contributed by atoms with Gasteiger partial charge in [-0.25, -0.2) is 13.2 Å². The van der Waals surface area contributed by atoms with Crippen LogP contribution >= 0.6 is 23.2 Å². The van der Waals surface area contributed by atoms with E-state index >= 15 is 0 Å². The maximum atomic E-state index is 12.9. The molecule has 1 aliphatic heterocycles. The van der Waals surface area contributed by atoms with Crippen LogP contribution in [-0.2, 0) is 19.6 Å². The van der Waals surface area contributed by atoms with Crippen molar-refractivity contribution in [2.24, 2.45) is 5.73 Å². The number of esters is 1. The Hall–Kier alpha value is -2.22. The molecule has 0 bridgehead atoms. The first kappa shape index (κ1) is 24.9. The first-order chi connectivity index (χ1) is 16.2. The Morgan fingerprint density at radius 3 is 2.56 bits per heavy atom. The van der Waals surface area contributed by atoms with Gasteiger partial charge in [-0.2, -0.15) is 0 Å². The van der Waals surface area contributed by atoms with Gasteiger partial charge >= 0.3 is 5.97 Å². The number of aryl methyl sites for hydroxylation is 1. The van der Waals surface area contributed by atoms with Crippen molar-refractivity contribution < 1.29 is 17.9 Å². The number of alkyl halides is 1. The van der Waals surface area contributed by atoms with Gasteiger partial charge in [0.2, 0.25) is 10.0 Å². The molecule has 1 spiro atoms. The Morgan fingerprint density at radius 1 is 1.12 bits per heavy atom. The van der Waals surface area contributed by atoms with Gasteiger partial charge in [-0.05, 0) is 80.0 Å². The zero-order chi connectivity index (χ0) is 24.5. The summed E-state index contributed by atoms with van der Waals surface area (Å²) in [6.07, 6.45) is 4.92. The number of carbonyl (C=O) groups is 1. The van der Waals surface area contributed by atoms with Gasteiger partial charge < -0.3 is 10.5 Å². The minimum atomic E-state index is -3.50. The lowest BCUT2D eigenvalue weighted by Crippen LogP contribution is -2.37. The second-order valence-corrected chi connectivity index (χ2v) is 11.6. The van der Waals surface area contributed by atoms with Gasteiger partial charge in [0.1, 0.15) is 0 Å². The molecule has 1 heterocycles. The summed E-state index contributed by atoms with van der Waals surface area (Å²) in [5, 5.41) is 0.431. The number of ether oxygens (including phenoxy) is 1. The molecule has 2 aromatic carbocycles. The molecular formula is C25H28Cl2N2O4S. The van der Waals surface area contributed by atoms with Gasteiger partial charge in [-0.1, -0.05) is 30.2 Å². The van der Waals surface area contributed by atoms with Crippen LogP contribution in [0.4, 0.5) is 5.69 Å². The van der Waals surface area contributed by atoms with Crippen molar-refractivity contribution in [3.8, 4) is 11.1 Å². The Balaban J connectivity index is 1.67. The van der Waals surface area contributed by atoms with E-state index in [0.29, 0.717) is 34.0 Å². The van der Waals surface area contributed by atoms with Gasteiger partial charge in [-0.15, -0.1) is 11.6 Å². The van der Waals surface area contributed by atoms with Crippen LogP contribution in [-0.4, -0.2) is 31.6 Å². The van der Waals surface area contributed by atoms with Crippen molar-refractivity contribution in [1.82, 2.24) is 0 Å². The lowest BCUT2D eigenvalue weighted by Gasteiger charge is -2.32. The van der Waals surface area contributed by atoms with Crippen LogP contribution in [0.2, 0.25) is 5.02 Å². The van der Waals surface area contributed by atoms with E-state index in [0.717, 1.165) is 48.8 Å². The molecule has 0 radical (unpaired) electrons. The highest BCUT2D eigenvalue weighted by molar-refractivity contribution is 7.92. The number of sulfonamides is 1. The van der Waals surface area contributed by atoms with Gasteiger partial charge in [0.25, 0.3) is 0 Å². The summed E-state index contributed by atoms with van der Waals surface area (Å²) in [6.45, 7) is 1.90. The molecule has 6 nitrogen and oxygen atoms in total. The number of hydrogen-bond donors (Lipinski definition) is 2. The van der Waals surface area contributed by atoms with E-state index in [1.807, 2.05) is 19.1 Å². The fraction of sp³-hybridized carbons (Fsp3) is 0.400. The van der Waals surface area contributed by atoms with Crippen molar-refractivity contribution in [1.29, 1.82) is 0 Å². The molecule has 2 aliphatic rings. The van der Waals surface area contributed by atoms with Crippen LogP contribution in [0.3, 0.4) is 0 Å². The van der Waals surface area contributed by atoms with Crippen molar-refractivity contribution in [3.63, 3.8) is 0 Å². The molecule has 1 fully saturated rings. The summed E-state index contributed by atoms with van der Waals surface area (Å²) in [5.41, 5.74) is 10.1. The molecule has 1 saturated carbocycles. The van der Waals surface area contributed by atoms with Gasteiger partial charge in [0.05, 0.1) is 17.0 Å². The topological polar surface area (TPSA) is 98.5 Å². The standard InChI is InChI=1S/C25H28Cl2N2O4S/c1-16-13-20(17-7-5-8-18(14-17)29-34(31,32)12-6-11-26)21(27)15-19(16)22-23(28)25(33-24(22)30)9-3-2-4-10-25/h5,7-8,13-15,29H,2-4,6,9-12,28H2,1H3. The Kier molecular flexibility index (Phi) is 7.17. The number of halogens is 2. The SMILES string of the molecule is Cc1cc(-c2cccc(NS(=O)(=O)CCCCl)c2)c(Cl)cc1C1=C(N)C2(CCCCC2)OC1=O. The van der Waals surface area contributed by atoms with E-state index in [-0.39, 0.29) is 11.6 Å². The summed E-state index contributed by atoms with van der Waals surface area (Å²) in [7, 11) is -3.50. The third-order valence-electron chi connectivity index (χ3n) is 6.49. The number of nitrogens with one attached hydrogen (secondary N) is 1. The first-order valence-corrected chi connectivity index (χ1v) is 13.9. The minimum Gasteiger partial charge on any atom is -0.449 e. The first-order valence-electron chi connectivity index (χ1n) is 11.4. The predicted molar refractivity (Wildman–Crippen MR) is 137 cm³/mol. The molecule has 0 aromatic heterocycles. The summed E-state index contributed by atoms with van der Waals surface area (Å²) in [6, 6.07) is 10.7. The third-order valence-corrected chi connectivity index (χ3v) is 8.44. The number of benzene rings is 2. The van der Waals surface area contributed by atoms with Crippen LogP contribution in [0.25, 0.3) is 16.7 Å². The largest absolute Gasteiger partial charge is 0.449 e. The molecule has 0 unspecified atom stereocenters. The fourth-order valence-corrected chi connectivity index (χ4v) is 6.45. The highest BCUT2D eigenvalue weighted by Crippen LogP contribution is 2.45. The van der Waals surface area contributed by atoms with Crippen molar-refractivity contribution in [2.45, 2.75) is 51.0 Å². The molecule has 0 amide bonds. The molecule has 9 heteroatoms. The van der Waals surface area contributed by atoms with Crippen LogP contribution in [0, 0.1) is 6.92 Å². The average molecular weight is 523 g/mol. The summed E-state index contributed by atoms with van der Waals surface area (Å²) < 4.78 is 32.9. The molecule has 182 valence electrons. The summed E-state index contributed by atoms with van der Waals surface area (Å²) in [5.74, 6) is -0.180. The minimum absolute atomic E-state index is 0.0522. The molecule has 3 N–H and O–H groups in total. The van der Waals surface area contributed by atoms with Crippen LogP contribution < -0.4 is 10.5 Å². The van der Waals surface area contributed by atoms with Crippen molar-refractivity contribution in [2.75, 3.05) is 16.4 Å². The zero-order valence-electron chi connectivity index (χ0n) is 19.0. The lowest BCUT2D eigenvalue weighted by atomic mass is 9.81.